The van der Waals surface area contributed by atoms with Crippen molar-refractivity contribution in [2.75, 3.05) is 0 Å². The number of aliphatic hydroxyl groups is 2. The molecule has 6 atom stereocenters. The molecule has 0 bridgehead atoms. The van der Waals surface area contributed by atoms with Gasteiger partial charge in [-0.1, -0.05) is 117 Å². The van der Waals surface area contributed by atoms with Crippen LogP contribution in [0, 0.1) is 10.8 Å². The standard InChI is InChI=1S/C40H58O4/c1-29(17-13-19-31(3)21-23-39-35(5,6)25-33(41)27-37(39,9)43-39)15-11-12-16-30(2)18-14-20-32(4)22-24-40-36(7,8)26-34(42)28-38(40,10)44-40/h11-21,23,33-34,41-42H,22,24-28H2,1-10H3/b12-11-,17-13+,18-14-,23-21+,29-15-,30-16+,31-19+,32-20+/t33-,34-,37+,38+,39-,40-/m0/s1. The normalized spacial score (nSPS) is 39.0. The lowest BCUT2D eigenvalue weighted by Gasteiger charge is -2.40. The van der Waals surface area contributed by atoms with Crippen molar-refractivity contribution in [2.24, 2.45) is 10.8 Å². The zero-order valence-corrected chi connectivity index (χ0v) is 29.0. The Morgan fingerprint density at radius 2 is 1.11 bits per heavy atom. The third-order valence-corrected chi connectivity index (χ3v) is 10.9. The molecular weight excluding hydrogens is 544 g/mol. The molecule has 4 fully saturated rings. The van der Waals surface area contributed by atoms with Gasteiger partial charge >= 0.3 is 0 Å². The molecule has 0 radical (unpaired) electrons. The fourth-order valence-corrected chi connectivity index (χ4v) is 8.43. The maximum Gasteiger partial charge on any atom is 0.121 e. The smallest absolute Gasteiger partial charge is 0.121 e. The van der Waals surface area contributed by atoms with E-state index in [4.69, 9.17) is 9.47 Å². The molecule has 2 saturated heterocycles. The summed E-state index contributed by atoms with van der Waals surface area (Å²) in [5, 5.41) is 20.5. The van der Waals surface area contributed by atoms with Gasteiger partial charge in [0, 0.05) is 18.3 Å². The van der Waals surface area contributed by atoms with Gasteiger partial charge < -0.3 is 19.7 Å². The predicted octanol–water partition coefficient (Wildman–Crippen LogP) is 9.19. The Labute approximate surface area is 267 Å². The lowest BCUT2D eigenvalue weighted by Crippen LogP contribution is -2.47. The minimum absolute atomic E-state index is 0.0101. The Balaban J connectivity index is 1.23. The Kier molecular flexibility index (Phi) is 9.85. The van der Waals surface area contributed by atoms with Crippen LogP contribution in [0.5, 0.6) is 0 Å². The highest BCUT2D eigenvalue weighted by Gasteiger charge is 2.75. The van der Waals surface area contributed by atoms with Gasteiger partial charge in [-0.15, -0.1) is 0 Å². The molecule has 4 rings (SSSR count). The van der Waals surface area contributed by atoms with Gasteiger partial charge in [0.1, 0.15) is 16.8 Å². The lowest BCUT2D eigenvalue weighted by atomic mass is 9.61. The van der Waals surface area contributed by atoms with Crippen molar-refractivity contribution in [3.8, 4) is 0 Å². The van der Waals surface area contributed by atoms with Crippen molar-refractivity contribution in [1.29, 1.82) is 0 Å². The first-order chi connectivity index (χ1) is 20.4. The fraction of sp³-hybridized carbons (Fsp3) is 0.600. The summed E-state index contributed by atoms with van der Waals surface area (Å²) in [5.74, 6) is 0. The third kappa shape index (κ3) is 6.94. The first-order valence-corrected chi connectivity index (χ1v) is 16.6. The van der Waals surface area contributed by atoms with Crippen LogP contribution in [-0.2, 0) is 9.47 Å². The highest BCUT2D eigenvalue weighted by molar-refractivity contribution is 5.37. The van der Waals surface area contributed by atoms with Crippen LogP contribution < -0.4 is 0 Å². The van der Waals surface area contributed by atoms with E-state index in [-0.39, 0.29) is 45.4 Å². The molecule has 242 valence electrons. The zero-order valence-electron chi connectivity index (χ0n) is 29.0. The molecule has 0 aromatic rings. The van der Waals surface area contributed by atoms with E-state index in [9.17, 15) is 10.2 Å². The van der Waals surface area contributed by atoms with E-state index >= 15 is 0 Å². The van der Waals surface area contributed by atoms with Crippen molar-refractivity contribution in [1.82, 2.24) is 0 Å². The van der Waals surface area contributed by atoms with Gasteiger partial charge in [0.2, 0.25) is 0 Å². The number of hydrogen-bond donors (Lipinski definition) is 2. The molecule has 4 nitrogen and oxygen atoms in total. The van der Waals surface area contributed by atoms with Crippen molar-refractivity contribution < 1.29 is 19.7 Å². The molecule has 0 amide bonds. The van der Waals surface area contributed by atoms with Gasteiger partial charge in [0.15, 0.2) is 0 Å². The summed E-state index contributed by atoms with van der Waals surface area (Å²) in [4.78, 5) is 0. The van der Waals surface area contributed by atoms with Crippen LogP contribution in [0.3, 0.4) is 0 Å². The van der Waals surface area contributed by atoms with E-state index in [1.807, 2.05) is 0 Å². The maximum atomic E-state index is 10.3. The molecule has 2 saturated carbocycles. The maximum absolute atomic E-state index is 10.3. The fourth-order valence-electron chi connectivity index (χ4n) is 8.43. The van der Waals surface area contributed by atoms with Crippen molar-refractivity contribution >= 4 is 0 Å². The molecule has 0 unspecified atom stereocenters. The van der Waals surface area contributed by atoms with Crippen LogP contribution >= 0.6 is 0 Å². The van der Waals surface area contributed by atoms with E-state index < -0.39 is 0 Å². The van der Waals surface area contributed by atoms with E-state index in [1.165, 1.54) is 22.3 Å². The van der Waals surface area contributed by atoms with Gasteiger partial charge in [-0.3, -0.25) is 0 Å². The van der Waals surface area contributed by atoms with Gasteiger partial charge in [0.05, 0.1) is 17.8 Å². The second-order valence-corrected chi connectivity index (χ2v) is 15.8. The zero-order chi connectivity index (χ0) is 32.6. The van der Waals surface area contributed by atoms with Crippen molar-refractivity contribution in [3.05, 3.63) is 95.2 Å². The van der Waals surface area contributed by atoms with E-state index in [0.717, 1.165) is 32.1 Å². The number of ether oxygens (including phenoxy) is 2. The summed E-state index contributed by atoms with van der Waals surface area (Å²) in [6.07, 6.45) is 30.1. The van der Waals surface area contributed by atoms with Gasteiger partial charge in [-0.2, -0.15) is 0 Å². The van der Waals surface area contributed by atoms with E-state index in [1.54, 1.807) is 0 Å². The van der Waals surface area contributed by atoms with Gasteiger partial charge in [0.25, 0.3) is 0 Å². The van der Waals surface area contributed by atoms with Gasteiger partial charge in [-0.05, 0) is 78.7 Å². The highest BCUT2D eigenvalue weighted by atomic mass is 16.6. The number of aliphatic hydroxyl groups excluding tert-OH is 2. The van der Waals surface area contributed by atoms with Crippen LogP contribution in [0.1, 0.15) is 108 Å². The van der Waals surface area contributed by atoms with Crippen LogP contribution in [0.25, 0.3) is 0 Å². The molecule has 0 spiro atoms. The minimum Gasteiger partial charge on any atom is -0.393 e. The SMILES string of the molecule is CC(=C/C=C\C=C(C)\C=C/C=C(\C)CC[C@@]12O[C@]1(C)C[C@@H](O)CC2(C)C)/C=C/C=C(C)/C=C/[C@@]12O[C@]1(C)C[C@@H](O)CC2(C)C. The first-order valence-electron chi connectivity index (χ1n) is 16.6. The lowest BCUT2D eigenvalue weighted by molar-refractivity contribution is 0.0318. The predicted molar refractivity (Wildman–Crippen MR) is 183 cm³/mol. The summed E-state index contributed by atoms with van der Waals surface area (Å²) >= 11 is 0. The molecular formula is C40H58O4. The molecule has 2 aliphatic heterocycles. The number of rotatable bonds is 11. The second-order valence-electron chi connectivity index (χ2n) is 15.8. The second kappa shape index (κ2) is 12.5. The molecule has 2 heterocycles. The Bertz CT molecular complexity index is 1330. The first kappa shape index (κ1) is 34.6. The Morgan fingerprint density at radius 1 is 0.614 bits per heavy atom. The number of hydrogen-bond acceptors (Lipinski definition) is 4. The monoisotopic (exact) mass is 602 g/mol. The van der Waals surface area contributed by atoms with Crippen molar-refractivity contribution in [3.63, 3.8) is 0 Å². The molecule has 2 N–H and O–H groups in total. The van der Waals surface area contributed by atoms with E-state index in [0.29, 0.717) is 6.42 Å². The summed E-state index contributed by atoms with van der Waals surface area (Å²) in [5.41, 5.74) is 3.94. The minimum atomic E-state index is -0.291. The topological polar surface area (TPSA) is 65.5 Å². The van der Waals surface area contributed by atoms with Crippen LogP contribution in [0.2, 0.25) is 0 Å². The summed E-state index contributed by atoms with van der Waals surface area (Å²) in [6.45, 7) is 21.7. The molecule has 0 aromatic heterocycles. The van der Waals surface area contributed by atoms with Crippen LogP contribution in [-0.4, -0.2) is 44.8 Å². The molecule has 44 heavy (non-hydrogen) atoms. The van der Waals surface area contributed by atoms with Crippen molar-refractivity contribution in [2.45, 2.75) is 142 Å². The van der Waals surface area contributed by atoms with Gasteiger partial charge in [-0.25, -0.2) is 0 Å². The third-order valence-electron chi connectivity index (χ3n) is 10.9. The average molecular weight is 603 g/mol. The average Bonchev–Trinajstić information content (AvgIpc) is 3.73. The Hall–Kier alpha value is -2.24. The summed E-state index contributed by atoms with van der Waals surface area (Å²) in [7, 11) is 0. The summed E-state index contributed by atoms with van der Waals surface area (Å²) < 4.78 is 12.6. The largest absolute Gasteiger partial charge is 0.393 e. The number of fused-ring (bicyclic) bond motifs is 2. The van der Waals surface area contributed by atoms with Crippen LogP contribution in [0.4, 0.5) is 0 Å². The van der Waals surface area contributed by atoms with Crippen LogP contribution in [0.15, 0.2) is 95.2 Å². The quantitative estimate of drug-likeness (QED) is 0.183. The number of epoxide rings is 2. The molecule has 4 heteroatoms. The Morgan fingerprint density at radius 3 is 1.68 bits per heavy atom. The summed E-state index contributed by atoms with van der Waals surface area (Å²) in [6, 6.07) is 0. The van der Waals surface area contributed by atoms with E-state index in [2.05, 4.69) is 142 Å². The molecule has 0 aromatic carbocycles. The number of allylic oxidation sites excluding steroid dienone is 15. The molecule has 4 aliphatic rings. The highest BCUT2D eigenvalue weighted by Crippen LogP contribution is 2.68. The molecule has 2 aliphatic carbocycles.